The summed E-state index contributed by atoms with van der Waals surface area (Å²) in [5.41, 5.74) is 0.782. The molecule has 1 aliphatic rings. The van der Waals surface area contributed by atoms with Crippen LogP contribution < -0.4 is 5.32 Å². The zero-order valence-corrected chi connectivity index (χ0v) is 17.5. The number of hydroxylamine groups is 2. The predicted molar refractivity (Wildman–Crippen MR) is 108 cm³/mol. The van der Waals surface area contributed by atoms with Crippen LogP contribution in [-0.2, 0) is 25.8 Å². The number of piperazine rings is 1. The van der Waals surface area contributed by atoms with Crippen LogP contribution in [0.5, 0.6) is 0 Å². The third kappa shape index (κ3) is 8.95. The van der Waals surface area contributed by atoms with Gasteiger partial charge < -0.3 is 19.8 Å². The molecule has 0 unspecified atom stereocenters. The molecule has 0 saturated carbocycles. The molecule has 29 heavy (non-hydrogen) atoms. The largest absolute Gasteiger partial charge is 0.445 e. The Labute approximate surface area is 172 Å². The van der Waals surface area contributed by atoms with Crippen molar-refractivity contribution in [1.82, 2.24) is 15.3 Å². The van der Waals surface area contributed by atoms with E-state index < -0.39 is 6.09 Å². The quantitative estimate of drug-likeness (QED) is 0.749. The maximum Gasteiger partial charge on any atom is 0.407 e. The summed E-state index contributed by atoms with van der Waals surface area (Å²) in [6.45, 7) is 8.29. The Morgan fingerprint density at radius 2 is 1.69 bits per heavy atom. The van der Waals surface area contributed by atoms with Crippen LogP contribution in [0, 0.1) is 5.41 Å². The third-order valence-corrected chi connectivity index (χ3v) is 4.32. The lowest BCUT2D eigenvalue weighted by Crippen LogP contribution is -2.49. The number of nitrogens with zero attached hydrogens (tertiary/aromatic N) is 2. The highest BCUT2D eigenvalue weighted by atomic mass is 16.7. The lowest BCUT2D eigenvalue weighted by Gasteiger charge is -2.33. The van der Waals surface area contributed by atoms with Crippen molar-refractivity contribution in [2.24, 2.45) is 5.41 Å². The Morgan fingerprint density at radius 3 is 2.31 bits per heavy atom. The first kappa shape index (κ1) is 22.7. The number of nitrogens with one attached hydrogen (secondary N) is 1. The molecule has 0 bridgehead atoms. The van der Waals surface area contributed by atoms with E-state index in [9.17, 15) is 14.4 Å². The molecule has 0 aliphatic carbocycles. The van der Waals surface area contributed by atoms with Gasteiger partial charge in [-0.25, -0.2) is 4.79 Å². The van der Waals surface area contributed by atoms with Crippen LogP contribution >= 0.6 is 0 Å². The van der Waals surface area contributed by atoms with Crippen LogP contribution in [0.4, 0.5) is 4.79 Å². The third-order valence-electron chi connectivity index (χ3n) is 4.32. The van der Waals surface area contributed by atoms with Gasteiger partial charge in [-0.3, -0.25) is 9.59 Å². The van der Waals surface area contributed by atoms with Crippen molar-refractivity contribution in [2.75, 3.05) is 32.7 Å². The van der Waals surface area contributed by atoms with Crippen molar-refractivity contribution in [1.29, 1.82) is 0 Å². The second kappa shape index (κ2) is 10.8. The van der Waals surface area contributed by atoms with Gasteiger partial charge in [0.05, 0.1) is 19.5 Å². The Balaban J connectivity index is 1.59. The molecule has 8 nitrogen and oxygen atoms in total. The number of hydrogen-bond acceptors (Lipinski definition) is 6. The molecule has 8 heteroatoms. The van der Waals surface area contributed by atoms with E-state index in [0.29, 0.717) is 32.6 Å². The van der Waals surface area contributed by atoms with Crippen LogP contribution in [0.15, 0.2) is 30.3 Å². The van der Waals surface area contributed by atoms with Gasteiger partial charge in [-0.1, -0.05) is 51.1 Å². The van der Waals surface area contributed by atoms with Crippen LogP contribution in [0.1, 0.15) is 39.2 Å². The van der Waals surface area contributed by atoms with E-state index in [4.69, 9.17) is 9.57 Å². The van der Waals surface area contributed by atoms with Crippen LogP contribution in [0.2, 0.25) is 0 Å². The molecule has 0 atom stereocenters. The minimum Gasteiger partial charge on any atom is -0.445 e. The minimum absolute atomic E-state index is 0.0472. The maximum absolute atomic E-state index is 12.3. The second-order valence-corrected chi connectivity index (χ2v) is 8.25. The summed E-state index contributed by atoms with van der Waals surface area (Å²) >= 11 is 0. The zero-order valence-electron chi connectivity index (χ0n) is 17.5. The molecule has 2 amide bonds. The fourth-order valence-corrected chi connectivity index (χ4v) is 2.84. The number of rotatable bonds is 7. The summed E-state index contributed by atoms with van der Waals surface area (Å²) < 4.78 is 5.11. The van der Waals surface area contributed by atoms with Crippen molar-refractivity contribution in [2.45, 2.75) is 40.2 Å². The predicted octanol–water partition coefficient (Wildman–Crippen LogP) is 2.34. The Bertz CT molecular complexity index is 679. The van der Waals surface area contributed by atoms with E-state index >= 15 is 0 Å². The number of hydrogen-bond donors (Lipinski definition) is 1. The molecular formula is C21H31N3O5. The highest BCUT2D eigenvalue weighted by Crippen LogP contribution is 2.19. The van der Waals surface area contributed by atoms with Gasteiger partial charge in [-0.15, -0.1) is 5.06 Å². The van der Waals surface area contributed by atoms with Crippen molar-refractivity contribution in [3.8, 4) is 0 Å². The van der Waals surface area contributed by atoms with E-state index in [2.05, 4.69) is 5.32 Å². The van der Waals surface area contributed by atoms with Gasteiger partial charge >= 0.3 is 12.1 Å². The molecule has 1 N–H and O–H groups in total. The average molecular weight is 405 g/mol. The van der Waals surface area contributed by atoms with E-state index in [0.717, 1.165) is 5.56 Å². The van der Waals surface area contributed by atoms with Crippen molar-refractivity contribution >= 4 is 18.0 Å². The smallest absolute Gasteiger partial charge is 0.407 e. The standard InChI is InChI=1S/C21H31N3O5/c1-21(2,3)15-19(26)29-24-13-11-23(12-14-24)18(25)9-10-22-20(27)28-16-17-7-5-4-6-8-17/h4-8H,9-16H2,1-3H3,(H,22,27). The zero-order chi connectivity index (χ0) is 21.3. The summed E-state index contributed by atoms with van der Waals surface area (Å²) in [6, 6.07) is 9.39. The molecule has 0 radical (unpaired) electrons. The minimum atomic E-state index is -0.544. The Kier molecular flexibility index (Phi) is 8.45. The van der Waals surface area contributed by atoms with Gasteiger partial charge in [0.25, 0.3) is 0 Å². The second-order valence-electron chi connectivity index (χ2n) is 8.25. The van der Waals surface area contributed by atoms with Crippen LogP contribution in [-0.4, -0.2) is 60.7 Å². The molecule has 2 rings (SSSR count). The first-order valence-corrected chi connectivity index (χ1v) is 9.91. The van der Waals surface area contributed by atoms with Gasteiger partial charge in [0.2, 0.25) is 5.91 Å². The number of amides is 2. The normalized spacial score (nSPS) is 14.9. The molecule has 1 aliphatic heterocycles. The molecule has 0 aromatic heterocycles. The molecule has 0 spiro atoms. The van der Waals surface area contributed by atoms with E-state index in [-0.39, 0.29) is 36.9 Å². The highest BCUT2D eigenvalue weighted by Gasteiger charge is 2.25. The topological polar surface area (TPSA) is 88.2 Å². The van der Waals surface area contributed by atoms with Crippen molar-refractivity contribution in [3.63, 3.8) is 0 Å². The van der Waals surface area contributed by atoms with Crippen molar-refractivity contribution < 1.29 is 24.0 Å². The molecule has 1 aromatic rings. The SMILES string of the molecule is CC(C)(C)CC(=O)ON1CCN(C(=O)CCNC(=O)OCc2ccccc2)CC1. The van der Waals surface area contributed by atoms with E-state index in [1.165, 1.54) is 0 Å². The molecule has 1 fully saturated rings. The number of ether oxygens (including phenoxy) is 1. The number of alkyl carbamates (subject to hydrolysis) is 1. The first-order valence-electron chi connectivity index (χ1n) is 9.91. The lowest BCUT2D eigenvalue weighted by atomic mass is 9.93. The van der Waals surface area contributed by atoms with E-state index in [1.807, 2.05) is 51.1 Å². The monoisotopic (exact) mass is 405 g/mol. The van der Waals surface area contributed by atoms with E-state index in [1.54, 1.807) is 9.96 Å². The summed E-state index contributed by atoms with van der Waals surface area (Å²) in [5, 5.41) is 4.20. The van der Waals surface area contributed by atoms with Gasteiger partial charge in [0, 0.05) is 26.1 Å². The van der Waals surface area contributed by atoms with Gasteiger partial charge in [0.15, 0.2) is 0 Å². The lowest BCUT2D eigenvalue weighted by molar-refractivity contribution is -0.199. The van der Waals surface area contributed by atoms with Gasteiger partial charge in [-0.05, 0) is 11.0 Å². The number of carbonyl (C=O) groups is 3. The van der Waals surface area contributed by atoms with Gasteiger partial charge in [0.1, 0.15) is 6.61 Å². The molecule has 1 saturated heterocycles. The summed E-state index contributed by atoms with van der Waals surface area (Å²) in [5.74, 6) is -0.301. The highest BCUT2D eigenvalue weighted by molar-refractivity contribution is 5.77. The maximum atomic E-state index is 12.3. The van der Waals surface area contributed by atoms with Crippen LogP contribution in [0.25, 0.3) is 0 Å². The summed E-state index contributed by atoms with van der Waals surface area (Å²) in [4.78, 5) is 43.0. The average Bonchev–Trinajstić information content (AvgIpc) is 2.66. The van der Waals surface area contributed by atoms with Crippen molar-refractivity contribution in [3.05, 3.63) is 35.9 Å². The molecular weight excluding hydrogens is 374 g/mol. The number of benzene rings is 1. The number of carbonyl (C=O) groups excluding carboxylic acids is 3. The summed E-state index contributed by atoms with van der Waals surface area (Å²) in [7, 11) is 0. The van der Waals surface area contributed by atoms with Crippen LogP contribution in [0.3, 0.4) is 0 Å². The fourth-order valence-electron chi connectivity index (χ4n) is 2.84. The Morgan fingerprint density at radius 1 is 1.03 bits per heavy atom. The molecule has 160 valence electrons. The Hall–Kier alpha value is -2.61. The summed E-state index contributed by atoms with van der Waals surface area (Å²) in [6.07, 6.45) is -0.000146. The first-order chi connectivity index (χ1) is 13.7. The van der Waals surface area contributed by atoms with Gasteiger partial charge in [-0.2, -0.15) is 0 Å². The molecule has 1 heterocycles. The molecule has 1 aromatic carbocycles. The fraction of sp³-hybridized carbons (Fsp3) is 0.571.